The topological polar surface area (TPSA) is 55.8 Å². The van der Waals surface area contributed by atoms with E-state index in [4.69, 9.17) is 14.6 Å². The molecule has 0 aliphatic rings. The normalized spacial score (nSPS) is 11.2. The summed E-state index contributed by atoms with van der Waals surface area (Å²) in [5, 5.41) is 8.90. The molecular formula is C18H17FO4. The highest BCUT2D eigenvalue weighted by Crippen LogP contribution is 2.29. The lowest BCUT2D eigenvalue weighted by atomic mass is 10.1. The van der Waals surface area contributed by atoms with Crippen molar-refractivity contribution in [3.05, 3.63) is 65.0 Å². The van der Waals surface area contributed by atoms with Crippen LogP contribution in [0, 0.1) is 5.82 Å². The number of aliphatic carboxylic acids is 1. The van der Waals surface area contributed by atoms with Gasteiger partial charge in [0, 0.05) is 5.57 Å². The van der Waals surface area contributed by atoms with E-state index in [1.807, 2.05) is 0 Å². The van der Waals surface area contributed by atoms with Gasteiger partial charge in [0.1, 0.15) is 12.4 Å². The second-order valence-electron chi connectivity index (χ2n) is 4.96. The smallest absolute Gasteiger partial charge is 0.331 e. The Bertz CT molecular complexity index is 720. The molecule has 0 aliphatic heterocycles. The summed E-state index contributed by atoms with van der Waals surface area (Å²) in [6, 6.07) is 11.2. The number of carboxylic acid groups (broad SMARTS) is 1. The highest BCUT2D eigenvalue weighted by molar-refractivity contribution is 5.91. The van der Waals surface area contributed by atoms with Crippen LogP contribution < -0.4 is 9.47 Å². The van der Waals surface area contributed by atoms with E-state index in [1.54, 1.807) is 36.4 Å². The third-order valence-corrected chi connectivity index (χ3v) is 3.22. The molecule has 0 fully saturated rings. The molecule has 1 N–H and O–H groups in total. The van der Waals surface area contributed by atoms with Crippen LogP contribution in [-0.4, -0.2) is 18.2 Å². The predicted octanol–water partition coefficient (Wildman–Crippen LogP) is 3.90. The Kier molecular flexibility index (Phi) is 5.36. The van der Waals surface area contributed by atoms with Gasteiger partial charge >= 0.3 is 5.97 Å². The molecule has 0 saturated heterocycles. The first-order valence-electron chi connectivity index (χ1n) is 6.96. The number of carboxylic acids is 1. The molecule has 0 saturated carbocycles. The molecule has 2 aromatic rings. The van der Waals surface area contributed by atoms with Crippen molar-refractivity contribution < 1.29 is 23.8 Å². The van der Waals surface area contributed by atoms with Crippen molar-refractivity contribution in [3.63, 3.8) is 0 Å². The lowest BCUT2D eigenvalue weighted by Gasteiger charge is -2.11. The van der Waals surface area contributed by atoms with Gasteiger partial charge in [0.2, 0.25) is 0 Å². The molecule has 0 radical (unpaired) electrons. The van der Waals surface area contributed by atoms with Crippen molar-refractivity contribution in [1.82, 2.24) is 0 Å². The van der Waals surface area contributed by atoms with Crippen molar-refractivity contribution in [2.45, 2.75) is 13.5 Å². The average molecular weight is 316 g/mol. The molecule has 0 unspecified atom stereocenters. The number of hydrogen-bond donors (Lipinski definition) is 1. The standard InChI is InChI=1S/C18H17FO4/c1-12(18(20)21)9-14-5-8-16(17(10-14)22-2)23-11-13-3-6-15(19)7-4-13/h3-10H,11H2,1-2H3,(H,20,21)/b12-9+. The quantitative estimate of drug-likeness (QED) is 0.821. The van der Waals surface area contributed by atoms with Crippen molar-refractivity contribution >= 4 is 12.0 Å². The van der Waals surface area contributed by atoms with Crippen LogP contribution in [0.5, 0.6) is 11.5 Å². The van der Waals surface area contributed by atoms with E-state index in [0.717, 1.165) is 5.56 Å². The third kappa shape index (κ3) is 4.57. The maximum absolute atomic E-state index is 12.9. The summed E-state index contributed by atoms with van der Waals surface area (Å²) in [4.78, 5) is 10.9. The summed E-state index contributed by atoms with van der Waals surface area (Å²) in [7, 11) is 1.51. The molecule has 0 atom stereocenters. The van der Waals surface area contributed by atoms with E-state index in [-0.39, 0.29) is 18.0 Å². The Morgan fingerprint density at radius 2 is 1.87 bits per heavy atom. The first-order valence-corrected chi connectivity index (χ1v) is 6.96. The molecule has 5 heteroatoms. The number of carbonyl (C=O) groups is 1. The van der Waals surface area contributed by atoms with Crippen molar-refractivity contribution in [2.75, 3.05) is 7.11 Å². The van der Waals surface area contributed by atoms with Gasteiger partial charge in [0.25, 0.3) is 0 Å². The highest BCUT2D eigenvalue weighted by Gasteiger charge is 2.07. The van der Waals surface area contributed by atoms with Crippen LogP contribution in [0.3, 0.4) is 0 Å². The lowest BCUT2D eigenvalue weighted by molar-refractivity contribution is -0.132. The second kappa shape index (κ2) is 7.45. The van der Waals surface area contributed by atoms with Crippen LogP contribution in [0.4, 0.5) is 4.39 Å². The SMILES string of the molecule is COc1cc(/C=C(\C)C(=O)O)ccc1OCc1ccc(F)cc1. The molecule has 0 spiro atoms. The number of hydrogen-bond acceptors (Lipinski definition) is 3. The summed E-state index contributed by atoms with van der Waals surface area (Å²) in [6.07, 6.45) is 1.55. The van der Waals surface area contributed by atoms with E-state index in [1.165, 1.54) is 26.2 Å². The molecule has 23 heavy (non-hydrogen) atoms. The minimum absolute atomic E-state index is 0.229. The zero-order chi connectivity index (χ0) is 16.8. The van der Waals surface area contributed by atoms with Crippen LogP contribution in [0.2, 0.25) is 0 Å². The van der Waals surface area contributed by atoms with Gasteiger partial charge < -0.3 is 14.6 Å². The molecule has 0 amide bonds. The van der Waals surface area contributed by atoms with E-state index >= 15 is 0 Å². The first-order chi connectivity index (χ1) is 11.0. The van der Waals surface area contributed by atoms with E-state index in [9.17, 15) is 9.18 Å². The fourth-order valence-corrected chi connectivity index (χ4v) is 1.95. The van der Waals surface area contributed by atoms with Crippen LogP contribution >= 0.6 is 0 Å². The lowest BCUT2D eigenvalue weighted by Crippen LogP contribution is -1.99. The zero-order valence-electron chi connectivity index (χ0n) is 12.9. The minimum atomic E-state index is -0.972. The van der Waals surface area contributed by atoms with Crippen LogP contribution in [0.15, 0.2) is 48.0 Å². The molecule has 0 aromatic heterocycles. The monoisotopic (exact) mass is 316 g/mol. The molecule has 0 heterocycles. The van der Waals surface area contributed by atoms with Crippen molar-refractivity contribution in [2.24, 2.45) is 0 Å². The van der Waals surface area contributed by atoms with Gasteiger partial charge in [-0.1, -0.05) is 18.2 Å². The van der Waals surface area contributed by atoms with E-state index < -0.39 is 5.97 Å². The molecule has 4 nitrogen and oxygen atoms in total. The largest absolute Gasteiger partial charge is 0.493 e. The third-order valence-electron chi connectivity index (χ3n) is 3.22. The molecule has 2 rings (SSSR count). The van der Waals surface area contributed by atoms with Crippen molar-refractivity contribution in [1.29, 1.82) is 0 Å². The highest BCUT2D eigenvalue weighted by atomic mass is 19.1. The van der Waals surface area contributed by atoms with E-state index in [2.05, 4.69) is 0 Å². The van der Waals surface area contributed by atoms with Gasteiger partial charge in [0.05, 0.1) is 7.11 Å². The first kappa shape index (κ1) is 16.5. The van der Waals surface area contributed by atoms with Gasteiger partial charge in [-0.05, 0) is 48.4 Å². The number of methoxy groups -OCH3 is 1. The molecule has 120 valence electrons. The predicted molar refractivity (Wildman–Crippen MR) is 85.0 cm³/mol. The Hall–Kier alpha value is -2.82. The van der Waals surface area contributed by atoms with Crippen molar-refractivity contribution in [3.8, 4) is 11.5 Å². The molecular weight excluding hydrogens is 299 g/mol. The average Bonchev–Trinajstić information content (AvgIpc) is 2.54. The molecule has 0 aliphatic carbocycles. The van der Waals surface area contributed by atoms with Crippen LogP contribution in [0.25, 0.3) is 6.08 Å². The van der Waals surface area contributed by atoms with Gasteiger partial charge in [-0.2, -0.15) is 0 Å². The van der Waals surface area contributed by atoms with Gasteiger partial charge in [0.15, 0.2) is 11.5 Å². The second-order valence-corrected chi connectivity index (χ2v) is 4.96. The van der Waals surface area contributed by atoms with Gasteiger partial charge in [-0.3, -0.25) is 0 Å². The zero-order valence-corrected chi connectivity index (χ0v) is 12.9. The fraction of sp³-hybridized carbons (Fsp3) is 0.167. The maximum Gasteiger partial charge on any atom is 0.331 e. The fourth-order valence-electron chi connectivity index (χ4n) is 1.95. The Balaban J connectivity index is 2.14. The molecule has 0 bridgehead atoms. The summed E-state index contributed by atoms with van der Waals surface area (Å²) in [6.45, 7) is 1.80. The minimum Gasteiger partial charge on any atom is -0.493 e. The Morgan fingerprint density at radius 3 is 2.48 bits per heavy atom. The number of rotatable bonds is 6. The van der Waals surface area contributed by atoms with Crippen LogP contribution in [-0.2, 0) is 11.4 Å². The molecule has 2 aromatic carbocycles. The maximum atomic E-state index is 12.9. The number of benzene rings is 2. The van der Waals surface area contributed by atoms with Crippen LogP contribution in [0.1, 0.15) is 18.1 Å². The van der Waals surface area contributed by atoms with Gasteiger partial charge in [-0.25, -0.2) is 9.18 Å². The Labute approximate surface area is 133 Å². The number of ether oxygens (including phenoxy) is 2. The summed E-state index contributed by atoms with van der Waals surface area (Å²) in [5.41, 5.74) is 1.77. The van der Waals surface area contributed by atoms with Gasteiger partial charge in [-0.15, -0.1) is 0 Å². The Morgan fingerprint density at radius 1 is 1.17 bits per heavy atom. The summed E-state index contributed by atoms with van der Waals surface area (Å²) >= 11 is 0. The summed E-state index contributed by atoms with van der Waals surface area (Å²) in [5.74, 6) is -0.238. The van der Waals surface area contributed by atoms with E-state index in [0.29, 0.717) is 17.1 Å². The summed E-state index contributed by atoms with van der Waals surface area (Å²) < 4.78 is 23.8. The number of halogens is 1.